The van der Waals surface area contributed by atoms with Crippen LogP contribution in [0.5, 0.6) is 5.75 Å². The summed E-state index contributed by atoms with van der Waals surface area (Å²) in [6.07, 6.45) is 1.51. The number of nitrogens with zero attached hydrogens (tertiary/aromatic N) is 1. The summed E-state index contributed by atoms with van der Waals surface area (Å²) in [5, 5.41) is 0. The van der Waals surface area contributed by atoms with Crippen molar-refractivity contribution in [2.45, 2.75) is 12.8 Å². The van der Waals surface area contributed by atoms with Gasteiger partial charge in [-0.3, -0.25) is 4.90 Å². The first-order valence-electron chi connectivity index (χ1n) is 6.67. The highest BCUT2D eigenvalue weighted by atomic mass is 16.6. The molecule has 0 atom stereocenters. The van der Waals surface area contributed by atoms with Crippen molar-refractivity contribution in [1.82, 2.24) is 0 Å². The Labute approximate surface area is 117 Å². The van der Waals surface area contributed by atoms with E-state index in [0.717, 1.165) is 29.8 Å². The molecule has 3 rings (SSSR count). The molecule has 1 aliphatic heterocycles. The van der Waals surface area contributed by atoms with Gasteiger partial charge in [-0.25, -0.2) is 4.79 Å². The number of carbonyl (C=O) groups excluding carboxylic acids is 1. The van der Waals surface area contributed by atoms with Gasteiger partial charge < -0.3 is 10.5 Å². The maximum Gasteiger partial charge on any atom is 0.419 e. The quantitative estimate of drug-likeness (QED) is 0.808. The molecule has 20 heavy (non-hydrogen) atoms. The van der Waals surface area contributed by atoms with Crippen LogP contribution in [0, 0.1) is 0 Å². The third-order valence-electron chi connectivity index (χ3n) is 3.39. The fourth-order valence-electron chi connectivity index (χ4n) is 2.45. The molecular formula is C16H16N2O2. The minimum absolute atomic E-state index is 0.345. The molecule has 0 bridgehead atoms. The van der Waals surface area contributed by atoms with Crippen LogP contribution in [0.4, 0.5) is 16.2 Å². The number of nitrogen functional groups attached to an aromatic ring is 1. The maximum absolute atomic E-state index is 12.3. The molecule has 4 nitrogen and oxygen atoms in total. The molecule has 0 spiro atoms. The van der Waals surface area contributed by atoms with Crippen LogP contribution in [0.2, 0.25) is 0 Å². The van der Waals surface area contributed by atoms with E-state index in [4.69, 9.17) is 10.5 Å². The van der Waals surface area contributed by atoms with Gasteiger partial charge in [0.05, 0.1) is 5.69 Å². The maximum atomic E-state index is 12.3. The SMILES string of the molecule is Nc1ccc2c(c1)CCCN2C(=O)Oc1ccccc1. The average Bonchev–Trinajstić information content (AvgIpc) is 2.47. The number of nitrogens with two attached hydrogens (primary N) is 1. The van der Waals surface area contributed by atoms with Crippen LogP contribution in [0.1, 0.15) is 12.0 Å². The number of benzene rings is 2. The number of hydrogen-bond acceptors (Lipinski definition) is 3. The first-order valence-corrected chi connectivity index (χ1v) is 6.67. The highest BCUT2D eigenvalue weighted by molar-refractivity contribution is 5.91. The van der Waals surface area contributed by atoms with Crippen molar-refractivity contribution in [1.29, 1.82) is 0 Å². The van der Waals surface area contributed by atoms with Crippen molar-refractivity contribution < 1.29 is 9.53 Å². The van der Waals surface area contributed by atoms with Crippen LogP contribution in [-0.4, -0.2) is 12.6 Å². The number of ether oxygens (including phenoxy) is 1. The van der Waals surface area contributed by atoms with Crippen LogP contribution in [-0.2, 0) is 6.42 Å². The summed E-state index contributed by atoms with van der Waals surface area (Å²) in [5.41, 5.74) is 8.51. The van der Waals surface area contributed by atoms with Gasteiger partial charge in [0, 0.05) is 12.2 Å². The summed E-state index contributed by atoms with van der Waals surface area (Å²) in [4.78, 5) is 14.0. The summed E-state index contributed by atoms with van der Waals surface area (Å²) in [6, 6.07) is 14.7. The van der Waals surface area contributed by atoms with E-state index >= 15 is 0 Å². The van der Waals surface area contributed by atoms with Crippen LogP contribution >= 0.6 is 0 Å². The van der Waals surface area contributed by atoms with Gasteiger partial charge in [-0.05, 0) is 48.7 Å². The number of rotatable bonds is 1. The van der Waals surface area contributed by atoms with Gasteiger partial charge in [0.2, 0.25) is 0 Å². The Morgan fingerprint density at radius 1 is 1.15 bits per heavy atom. The molecule has 0 fully saturated rings. The molecule has 0 saturated carbocycles. The van der Waals surface area contributed by atoms with Crippen molar-refractivity contribution >= 4 is 17.5 Å². The van der Waals surface area contributed by atoms with Crippen molar-refractivity contribution in [2.24, 2.45) is 0 Å². The van der Waals surface area contributed by atoms with Crippen molar-refractivity contribution in [3.63, 3.8) is 0 Å². The first-order chi connectivity index (χ1) is 9.74. The van der Waals surface area contributed by atoms with Crippen molar-refractivity contribution in [3.05, 3.63) is 54.1 Å². The van der Waals surface area contributed by atoms with Crippen LogP contribution in [0.25, 0.3) is 0 Å². The van der Waals surface area contributed by atoms with E-state index in [1.807, 2.05) is 36.4 Å². The lowest BCUT2D eigenvalue weighted by atomic mass is 10.0. The predicted octanol–water partition coefficient (Wildman–Crippen LogP) is 3.22. The zero-order valence-electron chi connectivity index (χ0n) is 11.1. The number of amides is 1. The van der Waals surface area contributed by atoms with Gasteiger partial charge in [-0.1, -0.05) is 18.2 Å². The number of carbonyl (C=O) groups is 1. The van der Waals surface area contributed by atoms with Gasteiger partial charge in [-0.2, -0.15) is 0 Å². The molecule has 2 aromatic carbocycles. The molecule has 102 valence electrons. The van der Waals surface area contributed by atoms with Crippen LogP contribution in [0.3, 0.4) is 0 Å². The Balaban J connectivity index is 1.83. The molecule has 1 aliphatic rings. The first kappa shape index (κ1) is 12.5. The second-order valence-corrected chi connectivity index (χ2v) is 4.82. The normalized spacial score (nSPS) is 13.7. The summed E-state index contributed by atoms with van der Waals surface area (Å²) >= 11 is 0. The van der Waals surface area contributed by atoms with E-state index in [2.05, 4.69) is 0 Å². The van der Waals surface area contributed by atoms with Gasteiger partial charge in [0.1, 0.15) is 5.75 Å². The van der Waals surface area contributed by atoms with E-state index in [1.54, 1.807) is 17.0 Å². The smallest absolute Gasteiger partial charge is 0.410 e. The minimum atomic E-state index is -0.345. The number of aryl methyl sites for hydroxylation is 1. The molecule has 2 N–H and O–H groups in total. The van der Waals surface area contributed by atoms with Crippen LogP contribution in [0.15, 0.2) is 48.5 Å². The molecule has 4 heteroatoms. The second-order valence-electron chi connectivity index (χ2n) is 4.82. The molecule has 0 aromatic heterocycles. The Bertz CT molecular complexity index is 626. The molecule has 0 radical (unpaired) electrons. The largest absolute Gasteiger partial charge is 0.419 e. The van der Waals surface area contributed by atoms with E-state index in [1.165, 1.54) is 0 Å². The minimum Gasteiger partial charge on any atom is -0.410 e. The van der Waals surface area contributed by atoms with Crippen LogP contribution < -0.4 is 15.4 Å². The predicted molar refractivity (Wildman–Crippen MR) is 79.0 cm³/mol. The van der Waals surface area contributed by atoms with Crippen molar-refractivity contribution in [2.75, 3.05) is 17.2 Å². The third-order valence-corrected chi connectivity index (χ3v) is 3.39. The Morgan fingerprint density at radius 3 is 2.75 bits per heavy atom. The average molecular weight is 268 g/mol. The Hall–Kier alpha value is -2.49. The summed E-state index contributed by atoms with van der Waals surface area (Å²) in [7, 11) is 0. The molecule has 2 aromatic rings. The fraction of sp³-hybridized carbons (Fsp3) is 0.188. The lowest BCUT2D eigenvalue weighted by molar-refractivity contribution is 0.207. The monoisotopic (exact) mass is 268 g/mol. The fourth-order valence-corrected chi connectivity index (χ4v) is 2.45. The zero-order chi connectivity index (χ0) is 13.9. The summed E-state index contributed by atoms with van der Waals surface area (Å²) in [6.45, 7) is 0.669. The van der Waals surface area contributed by atoms with E-state index in [0.29, 0.717) is 12.3 Å². The molecule has 0 aliphatic carbocycles. The topological polar surface area (TPSA) is 55.6 Å². The van der Waals surface area contributed by atoms with E-state index in [-0.39, 0.29) is 6.09 Å². The number of para-hydroxylation sites is 1. The molecule has 1 amide bonds. The Morgan fingerprint density at radius 2 is 1.95 bits per heavy atom. The van der Waals surface area contributed by atoms with Gasteiger partial charge >= 0.3 is 6.09 Å². The Kier molecular flexibility index (Phi) is 3.29. The van der Waals surface area contributed by atoms with E-state index in [9.17, 15) is 4.79 Å². The van der Waals surface area contributed by atoms with Crippen molar-refractivity contribution in [3.8, 4) is 5.75 Å². The summed E-state index contributed by atoms with van der Waals surface area (Å²) in [5.74, 6) is 0.556. The molecular weight excluding hydrogens is 252 g/mol. The lowest BCUT2D eigenvalue weighted by Gasteiger charge is -2.28. The second kappa shape index (κ2) is 5.25. The number of fused-ring (bicyclic) bond motifs is 1. The third kappa shape index (κ3) is 2.45. The zero-order valence-corrected chi connectivity index (χ0v) is 11.1. The van der Waals surface area contributed by atoms with Gasteiger partial charge in [0.15, 0.2) is 0 Å². The molecule has 0 unspecified atom stereocenters. The summed E-state index contributed by atoms with van der Waals surface area (Å²) < 4.78 is 5.40. The molecule has 0 saturated heterocycles. The highest BCUT2D eigenvalue weighted by Crippen LogP contribution is 2.29. The van der Waals surface area contributed by atoms with E-state index < -0.39 is 0 Å². The molecule has 1 heterocycles. The standard InChI is InChI=1S/C16H16N2O2/c17-13-8-9-15-12(11-13)5-4-10-18(15)16(19)20-14-6-2-1-3-7-14/h1-3,6-9,11H,4-5,10,17H2. The van der Waals surface area contributed by atoms with Gasteiger partial charge in [-0.15, -0.1) is 0 Å². The lowest BCUT2D eigenvalue weighted by Crippen LogP contribution is -2.37. The number of hydrogen-bond donors (Lipinski definition) is 1. The van der Waals surface area contributed by atoms with Gasteiger partial charge in [0.25, 0.3) is 0 Å². The number of anilines is 2. The highest BCUT2D eigenvalue weighted by Gasteiger charge is 2.24.